The van der Waals surface area contributed by atoms with Gasteiger partial charge in [-0.3, -0.25) is 9.59 Å². The summed E-state index contributed by atoms with van der Waals surface area (Å²) in [4.78, 5) is 21.5. The molecule has 82 valence electrons. The van der Waals surface area contributed by atoms with E-state index in [2.05, 4.69) is 10.1 Å². The average Bonchev–Trinajstić information content (AvgIpc) is 2.16. The zero-order chi connectivity index (χ0) is 11.0. The average molecular weight is 203 g/mol. The molecule has 0 aromatic rings. The zero-order valence-corrected chi connectivity index (χ0v) is 8.58. The van der Waals surface area contributed by atoms with Gasteiger partial charge in [0.2, 0.25) is 0 Å². The molecule has 0 aliphatic carbocycles. The fourth-order valence-corrected chi connectivity index (χ4v) is 0.950. The van der Waals surface area contributed by atoms with Crippen molar-refractivity contribution in [2.75, 3.05) is 13.7 Å². The number of hydrogen-bond acceptors (Lipinski definition) is 4. The summed E-state index contributed by atoms with van der Waals surface area (Å²) in [5.41, 5.74) is 0. The van der Waals surface area contributed by atoms with Crippen LogP contribution >= 0.6 is 0 Å². The lowest BCUT2D eigenvalue weighted by Crippen LogP contribution is -2.39. The highest BCUT2D eigenvalue weighted by Crippen LogP contribution is 1.96. The van der Waals surface area contributed by atoms with Crippen LogP contribution in [0.4, 0.5) is 0 Å². The van der Waals surface area contributed by atoms with Gasteiger partial charge in [-0.1, -0.05) is 13.3 Å². The molecule has 0 aliphatic heterocycles. The quantitative estimate of drug-likeness (QED) is 0.462. The molecule has 0 spiro atoms. The Balaban J connectivity index is 3.90. The standard InChI is InChI=1S/C9H17NO4/c1-3-4-5-10-7(9(12)13)6-8(11)14-2/h7,10H,3-6H2,1-2H3,(H,12,13)/t7-/m0/s1. The molecule has 0 unspecified atom stereocenters. The van der Waals surface area contributed by atoms with E-state index in [1.54, 1.807) is 0 Å². The number of esters is 1. The summed E-state index contributed by atoms with van der Waals surface area (Å²) in [6.07, 6.45) is 1.75. The molecule has 0 saturated heterocycles. The third-order valence-corrected chi connectivity index (χ3v) is 1.82. The Morgan fingerprint density at radius 3 is 2.57 bits per heavy atom. The van der Waals surface area contributed by atoms with Crippen molar-refractivity contribution in [1.82, 2.24) is 5.32 Å². The van der Waals surface area contributed by atoms with E-state index in [0.29, 0.717) is 6.54 Å². The Hall–Kier alpha value is -1.10. The summed E-state index contributed by atoms with van der Waals surface area (Å²) < 4.78 is 4.39. The van der Waals surface area contributed by atoms with Crippen molar-refractivity contribution >= 4 is 11.9 Å². The lowest BCUT2D eigenvalue weighted by atomic mass is 10.2. The first-order chi connectivity index (χ1) is 6.61. The van der Waals surface area contributed by atoms with Gasteiger partial charge in [0.1, 0.15) is 6.04 Å². The Kier molecular flexibility index (Phi) is 6.74. The number of unbranched alkanes of at least 4 members (excludes halogenated alkanes) is 1. The van der Waals surface area contributed by atoms with Gasteiger partial charge in [0, 0.05) is 0 Å². The monoisotopic (exact) mass is 203 g/mol. The van der Waals surface area contributed by atoms with Gasteiger partial charge in [-0.2, -0.15) is 0 Å². The summed E-state index contributed by atoms with van der Waals surface area (Å²) in [7, 11) is 1.24. The number of carbonyl (C=O) groups is 2. The maximum absolute atomic E-state index is 10.8. The Bertz CT molecular complexity index is 193. The minimum atomic E-state index is -1.02. The summed E-state index contributed by atoms with van der Waals surface area (Å²) in [6.45, 7) is 2.61. The number of carboxylic acids is 1. The second-order valence-electron chi connectivity index (χ2n) is 2.98. The minimum absolute atomic E-state index is 0.129. The van der Waals surface area contributed by atoms with Crippen LogP contribution in [0.2, 0.25) is 0 Å². The number of hydrogen-bond donors (Lipinski definition) is 2. The van der Waals surface area contributed by atoms with Crippen LogP contribution in [-0.4, -0.2) is 36.7 Å². The normalized spacial score (nSPS) is 12.1. The second-order valence-corrected chi connectivity index (χ2v) is 2.98. The van der Waals surface area contributed by atoms with Crippen molar-refractivity contribution in [2.24, 2.45) is 0 Å². The minimum Gasteiger partial charge on any atom is -0.480 e. The van der Waals surface area contributed by atoms with Crippen LogP contribution in [0.15, 0.2) is 0 Å². The molecule has 0 rings (SSSR count). The topological polar surface area (TPSA) is 75.6 Å². The number of rotatable bonds is 7. The molecule has 0 aliphatic rings. The highest BCUT2D eigenvalue weighted by Gasteiger charge is 2.20. The summed E-state index contributed by atoms with van der Waals surface area (Å²) in [6, 6.07) is -0.839. The van der Waals surface area contributed by atoms with Crippen LogP contribution in [0.5, 0.6) is 0 Å². The smallest absolute Gasteiger partial charge is 0.321 e. The van der Waals surface area contributed by atoms with Crippen molar-refractivity contribution in [1.29, 1.82) is 0 Å². The zero-order valence-electron chi connectivity index (χ0n) is 8.58. The Morgan fingerprint density at radius 2 is 2.14 bits per heavy atom. The molecule has 14 heavy (non-hydrogen) atoms. The first kappa shape index (κ1) is 12.9. The molecule has 0 radical (unpaired) electrons. The molecular formula is C9H17NO4. The predicted octanol–water partition coefficient (Wildman–Crippen LogP) is 0.392. The van der Waals surface area contributed by atoms with E-state index in [1.165, 1.54) is 7.11 Å². The lowest BCUT2D eigenvalue weighted by molar-refractivity contribution is -0.147. The van der Waals surface area contributed by atoms with Crippen LogP contribution in [0, 0.1) is 0 Å². The molecule has 0 saturated carbocycles. The van der Waals surface area contributed by atoms with E-state index in [9.17, 15) is 9.59 Å². The number of ether oxygens (including phenoxy) is 1. The van der Waals surface area contributed by atoms with Gasteiger partial charge in [-0.25, -0.2) is 0 Å². The van der Waals surface area contributed by atoms with E-state index in [-0.39, 0.29) is 6.42 Å². The van der Waals surface area contributed by atoms with Crippen molar-refractivity contribution < 1.29 is 19.4 Å². The fourth-order valence-electron chi connectivity index (χ4n) is 0.950. The van der Waals surface area contributed by atoms with Gasteiger partial charge in [0.15, 0.2) is 0 Å². The van der Waals surface area contributed by atoms with Crippen LogP contribution < -0.4 is 5.32 Å². The van der Waals surface area contributed by atoms with Crippen molar-refractivity contribution in [3.05, 3.63) is 0 Å². The van der Waals surface area contributed by atoms with Crippen molar-refractivity contribution in [3.63, 3.8) is 0 Å². The molecule has 0 aromatic heterocycles. The van der Waals surface area contributed by atoms with Gasteiger partial charge < -0.3 is 15.2 Å². The molecule has 2 N–H and O–H groups in total. The number of methoxy groups -OCH3 is 1. The van der Waals surface area contributed by atoms with E-state index in [4.69, 9.17) is 5.11 Å². The third kappa shape index (κ3) is 5.53. The van der Waals surface area contributed by atoms with Gasteiger partial charge >= 0.3 is 11.9 Å². The summed E-state index contributed by atoms with van der Waals surface area (Å²) in [5.74, 6) is -1.53. The number of aliphatic carboxylic acids is 1. The first-order valence-electron chi connectivity index (χ1n) is 4.64. The summed E-state index contributed by atoms with van der Waals surface area (Å²) in [5, 5.41) is 11.5. The number of carbonyl (C=O) groups excluding carboxylic acids is 1. The van der Waals surface area contributed by atoms with Crippen molar-refractivity contribution in [2.45, 2.75) is 32.2 Å². The summed E-state index contributed by atoms with van der Waals surface area (Å²) >= 11 is 0. The first-order valence-corrected chi connectivity index (χ1v) is 4.64. The highest BCUT2D eigenvalue weighted by molar-refractivity contribution is 5.81. The molecule has 5 nitrogen and oxygen atoms in total. The molecule has 0 fully saturated rings. The molecule has 0 bridgehead atoms. The van der Waals surface area contributed by atoms with Crippen LogP contribution in [0.1, 0.15) is 26.2 Å². The molecule has 5 heteroatoms. The molecule has 0 amide bonds. The van der Waals surface area contributed by atoms with E-state index >= 15 is 0 Å². The second kappa shape index (κ2) is 7.32. The third-order valence-electron chi connectivity index (χ3n) is 1.82. The Morgan fingerprint density at radius 1 is 1.50 bits per heavy atom. The van der Waals surface area contributed by atoms with E-state index in [1.807, 2.05) is 6.92 Å². The maximum Gasteiger partial charge on any atom is 0.321 e. The molecule has 1 atom stereocenters. The SMILES string of the molecule is CCCCN[C@@H](CC(=O)OC)C(=O)O. The highest BCUT2D eigenvalue weighted by atomic mass is 16.5. The largest absolute Gasteiger partial charge is 0.480 e. The van der Waals surface area contributed by atoms with Crippen molar-refractivity contribution in [3.8, 4) is 0 Å². The van der Waals surface area contributed by atoms with Crippen LogP contribution in [-0.2, 0) is 14.3 Å². The molecular weight excluding hydrogens is 186 g/mol. The predicted molar refractivity (Wildman–Crippen MR) is 51.0 cm³/mol. The molecule has 0 aromatic carbocycles. The van der Waals surface area contributed by atoms with Crippen LogP contribution in [0.25, 0.3) is 0 Å². The number of nitrogens with one attached hydrogen (secondary N) is 1. The van der Waals surface area contributed by atoms with Gasteiger partial charge in [-0.05, 0) is 13.0 Å². The van der Waals surface area contributed by atoms with Gasteiger partial charge in [-0.15, -0.1) is 0 Å². The molecule has 0 heterocycles. The number of carboxylic acid groups (broad SMARTS) is 1. The van der Waals surface area contributed by atoms with Gasteiger partial charge in [0.25, 0.3) is 0 Å². The van der Waals surface area contributed by atoms with Gasteiger partial charge in [0.05, 0.1) is 13.5 Å². The Labute approximate surface area is 83.4 Å². The fraction of sp³-hybridized carbons (Fsp3) is 0.778. The van der Waals surface area contributed by atoms with E-state index < -0.39 is 18.0 Å². The van der Waals surface area contributed by atoms with E-state index in [0.717, 1.165) is 12.8 Å². The maximum atomic E-state index is 10.8. The van der Waals surface area contributed by atoms with Crippen LogP contribution in [0.3, 0.4) is 0 Å². The lowest BCUT2D eigenvalue weighted by Gasteiger charge is -2.12.